The Hall–Kier alpha value is -1.40. The van der Waals surface area contributed by atoms with Crippen molar-refractivity contribution in [1.29, 1.82) is 0 Å². The number of hydrogen-bond donors (Lipinski definition) is 2. The normalized spacial score (nSPS) is 24.1. The van der Waals surface area contributed by atoms with Crippen LogP contribution in [0.25, 0.3) is 0 Å². The molecule has 0 saturated carbocycles. The molecule has 6 nitrogen and oxygen atoms in total. The van der Waals surface area contributed by atoms with Crippen LogP contribution in [0.15, 0.2) is 6.20 Å². The lowest BCUT2D eigenvalue weighted by Gasteiger charge is -2.23. The van der Waals surface area contributed by atoms with Gasteiger partial charge in [-0.25, -0.2) is 4.79 Å². The summed E-state index contributed by atoms with van der Waals surface area (Å²) in [5.41, 5.74) is 0.869. The molecule has 2 N–H and O–H groups in total. The molecular weight excluding hydrogens is 222 g/mol. The van der Waals surface area contributed by atoms with Crippen LogP contribution in [0.3, 0.4) is 0 Å². The van der Waals surface area contributed by atoms with E-state index >= 15 is 0 Å². The molecule has 1 fully saturated rings. The number of carboxylic acid groups (broad SMARTS) is 1. The Bertz CT molecular complexity index is 422. The zero-order valence-corrected chi connectivity index (χ0v) is 10.1. The zero-order valence-electron chi connectivity index (χ0n) is 10.1. The van der Waals surface area contributed by atoms with Gasteiger partial charge in [0.25, 0.3) is 0 Å². The first-order chi connectivity index (χ1) is 8.02. The van der Waals surface area contributed by atoms with E-state index in [0.717, 1.165) is 13.0 Å². The number of hydrogen-bond acceptors (Lipinski definition) is 4. The van der Waals surface area contributed by atoms with Gasteiger partial charge in [0.15, 0.2) is 0 Å². The molecule has 1 aromatic rings. The number of aromatic carboxylic acids is 1. The highest BCUT2D eigenvalue weighted by Crippen LogP contribution is 2.18. The van der Waals surface area contributed by atoms with Gasteiger partial charge in [-0.2, -0.15) is 5.10 Å². The average Bonchev–Trinajstić information content (AvgIpc) is 2.83. The van der Waals surface area contributed by atoms with E-state index in [0.29, 0.717) is 18.8 Å². The van der Waals surface area contributed by atoms with Gasteiger partial charge in [-0.15, -0.1) is 0 Å². The molecule has 94 valence electrons. The molecule has 6 heteroatoms. The molecule has 0 amide bonds. The van der Waals surface area contributed by atoms with Crippen molar-refractivity contribution in [1.82, 2.24) is 15.1 Å². The maximum Gasteiger partial charge on any atom is 0.339 e. The SMILES string of the molecule is Cn1ncc(C(=O)O)c1CNC1(C)CCOC1. The first-order valence-electron chi connectivity index (χ1n) is 5.59. The quantitative estimate of drug-likeness (QED) is 0.794. The Morgan fingerprint density at radius 3 is 3.12 bits per heavy atom. The lowest BCUT2D eigenvalue weighted by molar-refractivity contribution is 0.0695. The molecule has 1 aromatic heterocycles. The predicted octanol–water partition coefficient (Wildman–Crippen LogP) is 0.387. The fourth-order valence-electron chi connectivity index (χ4n) is 1.95. The smallest absolute Gasteiger partial charge is 0.339 e. The minimum Gasteiger partial charge on any atom is -0.478 e. The van der Waals surface area contributed by atoms with Crippen LogP contribution in [0.5, 0.6) is 0 Å². The summed E-state index contributed by atoms with van der Waals surface area (Å²) in [5.74, 6) is -0.942. The van der Waals surface area contributed by atoms with Crippen molar-refractivity contribution < 1.29 is 14.6 Å². The van der Waals surface area contributed by atoms with Crippen molar-refractivity contribution >= 4 is 5.97 Å². The van der Waals surface area contributed by atoms with Gasteiger partial charge in [-0.1, -0.05) is 0 Å². The molecule has 0 bridgehead atoms. The summed E-state index contributed by atoms with van der Waals surface area (Å²) in [7, 11) is 1.75. The van der Waals surface area contributed by atoms with Crippen molar-refractivity contribution in [3.8, 4) is 0 Å². The fourth-order valence-corrected chi connectivity index (χ4v) is 1.95. The Morgan fingerprint density at radius 2 is 2.53 bits per heavy atom. The molecule has 1 unspecified atom stereocenters. The maximum atomic E-state index is 11.0. The third kappa shape index (κ3) is 2.48. The van der Waals surface area contributed by atoms with Crippen molar-refractivity contribution in [2.45, 2.75) is 25.4 Å². The summed E-state index contributed by atoms with van der Waals surface area (Å²) in [6.45, 7) is 3.97. The van der Waals surface area contributed by atoms with Gasteiger partial charge in [0, 0.05) is 25.7 Å². The van der Waals surface area contributed by atoms with E-state index in [4.69, 9.17) is 9.84 Å². The number of nitrogens with zero attached hydrogens (tertiary/aromatic N) is 2. The minimum atomic E-state index is -0.942. The van der Waals surface area contributed by atoms with E-state index < -0.39 is 5.97 Å². The van der Waals surface area contributed by atoms with Gasteiger partial charge in [0.1, 0.15) is 5.56 Å². The number of carbonyl (C=O) groups is 1. The van der Waals surface area contributed by atoms with Gasteiger partial charge < -0.3 is 15.2 Å². The molecule has 1 saturated heterocycles. The van der Waals surface area contributed by atoms with Crippen LogP contribution in [0.2, 0.25) is 0 Å². The standard InChI is InChI=1S/C11H17N3O3/c1-11(3-4-17-7-11)12-6-9-8(10(15)16)5-13-14(9)2/h5,12H,3-4,6-7H2,1-2H3,(H,15,16). The molecule has 2 heterocycles. The summed E-state index contributed by atoms with van der Waals surface area (Å²) in [6, 6.07) is 0. The van der Waals surface area contributed by atoms with E-state index in [2.05, 4.69) is 17.3 Å². The van der Waals surface area contributed by atoms with Crippen molar-refractivity contribution in [3.05, 3.63) is 17.5 Å². The first-order valence-corrected chi connectivity index (χ1v) is 5.59. The lowest BCUT2D eigenvalue weighted by Crippen LogP contribution is -2.42. The van der Waals surface area contributed by atoms with E-state index in [1.807, 2.05) is 0 Å². The molecule has 0 radical (unpaired) electrons. The lowest BCUT2D eigenvalue weighted by atomic mass is 10.0. The third-order valence-corrected chi connectivity index (χ3v) is 3.19. The van der Waals surface area contributed by atoms with Crippen molar-refractivity contribution in [2.24, 2.45) is 7.05 Å². The first kappa shape index (κ1) is 12.1. The summed E-state index contributed by atoms with van der Waals surface area (Å²) < 4.78 is 6.93. The van der Waals surface area contributed by atoms with Gasteiger partial charge in [-0.05, 0) is 13.3 Å². The molecule has 0 spiro atoms. The highest BCUT2D eigenvalue weighted by atomic mass is 16.5. The second kappa shape index (κ2) is 4.46. The summed E-state index contributed by atoms with van der Waals surface area (Å²) in [6.07, 6.45) is 2.32. The van der Waals surface area contributed by atoms with Crippen LogP contribution in [-0.4, -0.2) is 39.6 Å². The van der Waals surface area contributed by atoms with E-state index in [1.165, 1.54) is 6.20 Å². The second-order valence-electron chi connectivity index (χ2n) is 4.65. The largest absolute Gasteiger partial charge is 0.478 e. The molecule has 0 aliphatic carbocycles. The topological polar surface area (TPSA) is 76.4 Å². The van der Waals surface area contributed by atoms with Crippen molar-refractivity contribution in [3.63, 3.8) is 0 Å². The highest BCUT2D eigenvalue weighted by molar-refractivity contribution is 5.88. The molecule has 1 aliphatic heterocycles. The number of aromatic nitrogens is 2. The van der Waals surface area contributed by atoms with Gasteiger partial charge in [0.2, 0.25) is 0 Å². The monoisotopic (exact) mass is 239 g/mol. The minimum absolute atomic E-state index is 0.0694. The Labute approximate surface area is 99.6 Å². The molecule has 17 heavy (non-hydrogen) atoms. The number of nitrogens with one attached hydrogen (secondary N) is 1. The van der Waals surface area contributed by atoms with E-state index in [1.54, 1.807) is 11.7 Å². The molecule has 0 aromatic carbocycles. The Morgan fingerprint density at radius 1 is 1.76 bits per heavy atom. The summed E-state index contributed by atoms with van der Waals surface area (Å²) in [5, 5.41) is 16.3. The van der Waals surface area contributed by atoms with Crippen LogP contribution in [-0.2, 0) is 18.3 Å². The molecular formula is C11H17N3O3. The second-order valence-corrected chi connectivity index (χ2v) is 4.65. The van der Waals surface area contributed by atoms with Crippen molar-refractivity contribution in [2.75, 3.05) is 13.2 Å². The predicted molar refractivity (Wildman–Crippen MR) is 60.8 cm³/mol. The average molecular weight is 239 g/mol. The summed E-state index contributed by atoms with van der Waals surface area (Å²) >= 11 is 0. The van der Waals surface area contributed by atoms with Gasteiger partial charge in [0.05, 0.1) is 18.5 Å². The van der Waals surface area contributed by atoms with E-state index in [9.17, 15) is 4.79 Å². The highest BCUT2D eigenvalue weighted by Gasteiger charge is 2.29. The van der Waals surface area contributed by atoms with Gasteiger partial charge in [-0.3, -0.25) is 4.68 Å². The Balaban J connectivity index is 2.08. The van der Waals surface area contributed by atoms with Crippen LogP contribution >= 0.6 is 0 Å². The fraction of sp³-hybridized carbons (Fsp3) is 0.636. The van der Waals surface area contributed by atoms with Crippen LogP contribution < -0.4 is 5.32 Å². The van der Waals surface area contributed by atoms with Crippen LogP contribution in [0.4, 0.5) is 0 Å². The van der Waals surface area contributed by atoms with Crippen LogP contribution in [0.1, 0.15) is 29.4 Å². The maximum absolute atomic E-state index is 11.0. The summed E-state index contributed by atoms with van der Waals surface area (Å²) in [4.78, 5) is 11.0. The third-order valence-electron chi connectivity index (χ3n) is 3.19. The Kier molecular flexibility index (Phi) is 3.17. The molecule has 2 rings (SSSR count). The molecule has 1 atom stereocenters. The molecule has 1 aliphatic rings. The van der Waals surface area contributed by atoms with Crippen LogP contribution in [0, 0.1) is 0 Å². The van der Waals surface area contributed by atoms with Gasteiger partial charge >= 0.3 is 5.97 Å². The number of carboxylic acids is 1. The zero-order chi connectivity index (χ0) is 12.5. The number of ether oxygens (including phenoxy) is 1. The number of aryl methyl sites for hydroxylation is 1. The van der Waals surface area contributed by atoms with E-state index in [-0.39, 0.29) is 11.1 Å². The number of rotatable bonds is 4.